The monoisotopic (exact) mass is 313 g/mol. The van der Waals surface area contributed by atoms with E-state index in [0.717, 1.165) is 37.8 Å². The molecule has 1 aromatic carbocycles. The molecule has 23 heavy (non-hydrogen) atoms. The molecule has 0 spiro atoms. The first-order chi connectivity index (χ1) is 11.2. The maximum Gasteiger partial charge on any atom is 0.251 e. The lowest BCUT2D eigenvalue weighted by Gasteiger charge is -2.19. The molecule has 1 amide bonds. The van der Waals surface area contributed by atoms with Gasteiger partial charge in [-0.3, -0.25) is 9.69 Å². The molecule has 0 unspecified atom stereocenters. The predicted molar refractivity (Wildman–Crippen MR) is 92.9 cm³/mol. The zero-order chi connectivity index (χ0) is 15.8. The highest BCUT2D eigenvalue weighted by Crippen LogP contribution is 2.31. The Kier molecular flexibility index (Phi) is 4.02. The fourth-order valence-corrected chi connectivity index (χ4v) is 3.98. The molecule has 1 aliphatic carbocycles. The van der Waals surface area contributed by atoms with Crippen molar-refractivity contribution in [3.05, 3.63) is 29.8 Å². The van der Waals surface area contributed by atoms with Crippen molar-refractivity contribution in [1.82, 2.24) is 10.2 Å². The highest BCUT2D eigenvalue weighted by atomic mass is 16.1. The van der Waals surface area contributed by atoms with Crippen LogP contribution in [0.2, 0.25) is 0 Å². The number of benzene rings is 1. The number of hydrogen-bond acceptors (Lipinski definition) is 3. The highest BCUT2D eigenvalue weighted by molar-refractivity contribution is 5.94. The summed E-state index contributed by atoms with van der Waals surface area (Å²) in [6, 6.07) is 9.21. The van der Waals surface area contributed by atoms with Crippen LogP contribution in [0.25, 0.3) is 0 Å². The lowest BCUT2D eigenvalue weighted by molar-refractivity contribution is 0.0931. The molecule has 2 saturated heterocycles. The Morgan fingerprint density at radius 2 is 1.78 bits per heavy atom. The smallest absolute Gasteiger partial charge is 0.251 e. The number of amides is 1. The summed E-state index contributed by atoms with van der Waals surface area (Å²) in [5, 5.41) is 3.25. The van der Waals surface area contributed by atoms with Crippen LogP contribution in [-0.2, 0) is 0 Å². The summed E-state index contributed by atoms with van der Waals surface area (Å²) in [4.78, 5) is 17.5. The maximum atomic E-state index is 12.5. The molecule has 3 fully saturated rings. The fourth-order valence-electron chi connectivity index (χ4n) is 3.98. The van der Waals surface area contributed by atoms with Crippen molar-refractivity contribution in [2.45, 2.75) is 44.7 Å². The third-order valence-corrected chi connectivity index (χ3v) is 5.62. The van der Waals surface area contributed by atoms with E-state index >= 15 is 0 Å². The molecule has 4 heteroatoms. The summed E-state index contributed by atoms with van der Waals surface area (Å²) >= 11 is 0. The zero-order valence-electron chi connectivity index (χ0n) is 14.0. The van der Waals surface area contributed by atoms with Crippen molar-refractivity contribution in [3.8, 4) is 0 Å². The lowest BCUT2D eigenvalue weighted by atomic mass is 10.1. The molecule has 2 heterocycles. The third-order valence-electron chi connectivity index (χ3n) is 5.62. The molecule has 3 aliphatic rings. The number of hydrogen-bond donors (Lipinski definition) is 1. The average molecular weight is 313 g/mol. The third kappa shape index (κ3) is 3.23. The molecule has 0 aromatic heterocycles. The number of rotatable bonds is 4. The van der Waals surface area contributed by atoms with Gasteiger partial charge in [-0.1, -0.05) is 6.92 Å². The van der Waals surface area contributed by atoms with Gasteiger partial charge in [0.1, 0.15) is 0 Å². The predicted octanol–water partition coefficient (Wildman–Crippen LogP) is 2.50. The maximum absolute atomic E-state index is 12.5. The Morgan fingerprint density at radius 1 is 1.09 bits per heavy atom. The van der Waals surface area contributed by atoms with Gasteiger partial charge in [0.05, 0.1) is 0 Å². The molecule has 124 valence electrons. The molecule has 2 aliphatic heterocycles. The minimum absolute atomic E-state index is 0.0764. The van der Waals surface area contributed by atoms with Crippen LogP contribution in [0, 0.1) is 5.92 Å². The van der Waals surface area contributed by atoms with Crippen molar-refractivity contribution >= 4 is 11.6 Å². The Bertz CT molecular complexity index is 560. The van der Waals surface area contributed by atoms with Gasteiger partial charge in [-0.15, -0.1) is 0 Å². The SMILES string of the molecule is C[C@H]1CN(C2CC2)C[C@H]1NC(=O)c1ccc(N2CCCC2)cc1. The number of likely N-dealkylation sites (tertiary alicyclic amines) is 1. The summed E-state index contributed by atoms with van der Waals surface area (Å²) in [6.07, 6.45) is 5.23. The summed E-state index contributed by atoms with van der Waals surface area (Å²) < 4.78 is 0. The van der Waals surface area contributed by atoms with Gasteiger partial charge in [-0.25, -0.2) is 0 Å². The molecule has 0 bridgehead atoms. The quantitative estimate of drug-likeness (QED) is 0.928. The van der Waals surface area contributed by atoms with Crippen molar-refractivity contribution in [3.63, 3.8) is 0 Å². The van der Waals surface area contributed by atoms with Gasteiger partial charge in [0, 0.05) is 49.5 Å². The van der Waals surface area contributed by atoms with Crippen molar-refractivity contribution in [2.75, 3.05) is 31.1 Å². The molecule has 1 N–H and O–H groups in total. The largest absolute Gasteiger partial charge is 0.372 e. The second kappa shape index (κ2) is 6.16. The van der Waals surface area contributed by atoms with Crippen LogP contribution >= 0.6 is 0 Å². The molecule has 0 radical (unpaired) electrons. The number of carbonyl (C=O) groups is 1. The second-order valence-electron chi connectivity index (χ2n) is 7.48. The normalized spacial score (nSPS) is 28.3. The van der Waals surface area contributed by atoms with E-state index in [1.807, 2.05) is 12.1 Å². The Balaban J connectivity index is 1.36. The van der Waals surface area contributed by atoms with Crippen LogP contribution in [-0.4, -0.2) is 49.1 Å². The number of anilines is 1. The molecular weight excluding hydrogens is 286 g/mol. The Hall–Kier alpha value is -1.55. The summed E-state index contributed by atoms with van der Waals surface area (Å²) in [5.74, 6) is 0.621. The first-order valence-corrected chi connectivity index (χ1v) is 9.10. The standard InChI is InChI=1S/C19H27N3O/c1-14-12-22(17-8-9-17)13-18(14)20-19(23)15-4-6-16(7-5-15)21-10-2-3-11-21/h4-7,14,17-18H,2-3,8-13H2,1H3,(H,20,23)/t14-,18+/m0/s1. The van der Waals surface area contributed by atoms with E-state index in [9.17, 15) is 4.79 Å². The van der Waals surface area contributed by atoms with E-state index in [2.05, 4.69) is 34.2 Å². The second-order valence-corrected chi connectivity index (χ2v) is 7.48. The molecule has 1 saturated carbocycles. The van der Waals surface area contributed by atoms with E-state index in [4.69, 9.17) is 0 Å². The zero-order valence-corrected chi connectivity index (χ0v) is 14.0. The molecule has 2 atom stereocenters. The molecule has 4 rings (SSSR count). The van der Waals surface area contributed by atoms with E-state index in [1.54, 1.807) is 0 Å². The topological polar surface area (TPSA) is 35.6 Å². The van der Waals surface area contributed by atoms with E-state index in [-0.39, 0.29) is 5.91 Å². The number of carbonyl (C=O) groups excluding carboxylic acids is 1. The number of nitrogens with one attached hydrogen (secondary N) is 1. The van der Waals surface area contributed by atoms with Crippen LogP contribution in [0.3, 0.4) is 0 Å². The first kappa shape index (κ1) is 15.0. The molecular formula is C19H27N3O. The first-order valence-electron chi connectivity index (χ1n) is 9.10. The average Bonchev–Trinajstić information content (AvgIpc) is 3.14. The highest BCUT2D eigenvalue weighted by Gasteiger charge is 2.38. The minimum atomic E-state index is 0.0764. The van der Waals surface area contributed by atoms with Crippen LogP contribution in [0.1, 0.15) is 43.0 Å². The van der Waals surface area contributed by atoms with Gasteiger partial charge in [0.15, 0.2) is 0 Å². The Labute approximate surface area is 138 Å². The minimum Gasteiger partial charge on any atom is -0.372 e. The van der Waals surface area contributed by atoms with Gasteiger partial charge in [0.25, 0.3) is 5.91 Å². The van der Waals surface area contributed by atoms with Gasteiger partial charge in [0.2, 0.25) is 0 Å². The van der Waals surface area contributed by atoms with E-state index in [1.165, 1.54) is 31.4 Å². The van der Waals surface area contributed by atoms with Crippen LogP contribution in [0.5, 0.6) is 0 Å². The van der Waals surface area contributed by atoms with Gasteiger partial charge >= 0.3 is 0 Å². The van der Waals surface area contributed by atoms with Crippen molar-refractivity contribution in [1.29, 1.82) is 0 Å². The van der Waals surface area contributed by atoms with Gasteiger partial charge < -0.3 is 10.2 Å². The lowest BCUT2D eigenvalue weighted by Crippen LogP contribution is -2.40. The fraction of sp³-hybridized carbons (Fsp3) is 0.632. The van der Waals surface area contributed by atoms with Crippen LogP contribution < -0.4 is 10.2 Å². The summed E-state index contributed by atoms with van der Waals surface area (Å²) in [7, 11) is 0. The van der Waals surface area contributed by atoms with Crippen LogP contribution in [0.4, 0.5) is 5.69 Å². The van der Waals surface area contributed by atoms with Gasteiger partial charge in [-0.2, -0.15) is 0 Å². The summed E-state index contributed by atoms with van der Waals surface area (Å²) in [6.45, 7) is 6.68. The van der Waals surface area contributed by atoms with Crippen LogP contribution in [0.15, 0.2) is 24.3 Å². The summed E-state index contributed by atoms with van der Waals surface area (Å²) in [5.41, 5.74) is 2.03. The number of nitrogens with zero attached hydrogens (tertiary/aromatic N) is 2. The molecule has 1 aromatic rings. The van der Waals surface area contributed by atoms with Crippen molar-refractivity contribution in [2.24, 2.45) is 5.92 Å². The van der Waals surface area contributed by atoms with E-state index in [0.29, 0.717) is 12.0 Å². The van der Waals surface area contributed by atoms with E-state index < -0.39 is 0 Å². The molecule has 4 nitrogen and oxygen atoms in total. The van der Waals surface area contributed by atoms with Crippen molar-refractivity contribution < 1.29 is 4.79 Å². The van der Waals surface area contributed by atoms with Gasteiger partial charge in [-0.05, 0) is 55.9 Å². The Morgan fingerprint density at radius 3 is 2.43 bits per heavy atom.